The SMILES string of the molecule is COC(=O)c1ccccc1NC(=O)NCC(C)(C)c1ccc(OC)cc1. The molecule has 2 aromatic rings. The molecule has 0 saturated heterocycles. The highest BCUT2D eigenvalue weighted by Gasteiger charge is 2.22. The number of para-hydroxylation sites is 1. The lowest BCUT2D eigenvalue weighted by atomic mass is 9.84. The highest BCUT2D eigenvalue weighted by molar-refractivity contribution is 6.00. The molecule has 0 saturated carbocycles. The summed E-state index contributed by atoms with van der Waals surface area (Å²) in [5.74, 6) is 0.286. The van der Waals surface area contributed by atoms with Crippen molar-refractivity contribution in [1.29, 1.82) is 0 Å². The van der Waals surface area contributed by atoms with Gasteiger partial charge >= 0.3 is 12.0 Å². The lowest BCUT2D eigenvalue weighted by Gasteiger charge is -2.26. The molecule has 0 aliphatic carbocycles. The number of amides is 2. The average molecular weight is 356 g/mol. The van der Waals surface area contributed by atoms with Gasteiger partial charge in [-0.1, -0.05) is 38.1 Å². The zero-order valence-electron chi connectivity index (χ0n) is 15.5. The van der Waals surface area contributed by atoms with E-state index in [1.807, 2.05) is 38.1 Å². The predicted molar refractivity (Wildman–Crippen MR) is 101 cm³/mol. The van der Waals surface area contributed by atoms with E-state index in [4.69, 9.17) is 9.47 Å². The standard InChI is InChI=1S/C20H24N2O4/c1-20(2,14-9-11-15(25-3)12-10-14)13-21-19(24)22-17-8-6-5-7-16(17)18(23)26-4/h5-12H,13H2,1-4H3,(H2,21,22,24). The molecule has 0 fully saturated rings. The highest BCUT2D eigenvalue weighted by Crippen LogP contribution is 2.24. The van der Waals surface area contributed by atoms with E-state index >= 15 is 0 Å². The van der Waals surface area contributed by atoms with Crippen LogP contribution in [0.3, 0.4) is 0 Å². The maximum atomic E-state index is 12.3. The van der Waals surface area contributed by atoms with Crippen molar-refractivity contribution in [3.63, 3.8) is 0 Å². The number of carbonyl (C=O) groups excluding carboxylic acids is 2. The van der Waals surface area contributed by atoms with Crippen molar-refractivity contribution in [3.05, 3.63) is 59.7 Å². The van der Waals surface area contributed by atoms with E-state index in [9.17, 15) is 9.59 Å². The molecule has 2 aromatic carbocycles. The van der Waals surface area contributed by atoms with Gasteiger partial charge in [-0.3, -0.25) is 0 Å². The van der Waals surface area contributed by atoms with Crippen LogP contribution in [-0.2, 0) is 10.2 Å². The fourth-order valence-corrected chi connectivity index (χ4v) is 2.49. The third kappa shape index (κ3) is 4.75. The van der Waals surface area contributed by atoms with Crippen LogP contribution < -0.4 is 15.4 Å². The second-order valence-corrected chi connectivity index (χ2v) is 6.46. The zero-order chi connectivity index (χ0) is 19.2. The summed E-state index contributed by atoms with van der Waals surface area (Å²) >= 11 is 0. The monoisotopic (exact) mass is 356 g/mol. The Labute approximate surface area is 153 Å². The van der Waals surface area contributed by atoms with E-state index in [0.717, 1.165) is 11.3 Å². The first-order valence-corrected chi connectivity index (χ1v) is 8.24. The summed E-state index contributed by atoms with van der Waals surface area (Å²) in [6.07, 6.45) is 0. The molecule has 0 spiro atoms. The third-order valence-corrected chi connectivity index (χ3v) is 4.14. The molecule has 0 unspecified atom stereocenters. The molecular formula is C20H24N2O4. The van der Waals surface area contributed by atoms with Gasteiger partial charge in [0.1, 0.15) is 5.75 Å². The van der Waals surface area contributed by atoms with Crippen LogP contribution in [-0.4, -0.2) is 32.8 Å². The van der Waals surface area contributed by atoms with Gasteiger partial charge < -0.3 is 20.1 Å². The maximum absolute atomic E-state index is 12.3. The predicted octanol–water partition coefficient (Wildman–Crippen LogP) is 3.58. The van der Waals surface area contributed by atoms with Crippen molar-refractivity contribution in [1.82, 2.24) is 5.32 Å². The summed E-state index contributed by atoms with van der Waals surface area (Å²) in [7, 11) is 2.93. The van der Waals surface area contributed by atoms with Crippen molar-refractivity contribution in [2.24, 2.45) is 0 Å². The van der Waals surface area contributed by atoms with Crippen molar-refractivity contribution < 1.29 is 19.1 Å². The topological polar surface area (TPSA) is 76.7 Å². The molecule has 6 heteroatoms. The van der Waals surface area contributed by atoms with E-state index in [2.05, 4.69) is 10.6 Å². The minimum Gasteiger partial charge on any atom is -0.497 e. The van der Waals surface area contributed by atoms with Gasteiger partial charge in [0, 0.05) is 12.0 Å². The summed E-state index contributed by atoms with van der Waals surface area (Å²) in [6.45, 7) is 4.50. The number of carbonyl (C=O) groups is 2. The lowest BCUT2D eigenvalue weighted by Crippen LogP contribution is -2.39. The average Bonchev–Trinajstić information content (AvgIpc) is 2.66. The van der Waals surface area contributed by atoms with Crippen molar-refractivity contribution >= 4 is 17.7 Å². The van der Waals surface area contributed by atoms with Crippen LogP contribution in [0.25, 0.3) is 0 Å². The molecule has 0 aliphatic rings. The Bertz CT molecular complexity index is 770. The minimum absolute atomic E-state index is 0.272. The van der Waals surface area contributed by atoms with E-state index < -0.39 is 5.97 Å². The Morgan fingerprint density at radius 1 is 1.00 bits per heavy atom. The van der Waals surface area contributed by atoms with Crippen LogP contribution in [0.15, 0.2) is 48.5 Å². The van der Waals surface area contributed by atoms with Crippen LogP contribution >= 0.6 is 0 Å². The van der Waals surface area contributed by atoms with Gasteiger partial charge in [-0.2, -0.15) is 0 Å². The first kappa shape index (κ1) is 19.3. The van der Waals surface area contributed by atoms with Gasteiger partial charge in [-0.15, -0.1) is 0 Å². The summed E-state index contributed by atoms with van der Waals surface area (Å²) in [4.78, 5) is 24.0. The minimum atomic E-state index is -0.500. The quantitative estimate of drug-likeness (QED) is 0.776. The van der Waals surface area contributed by atoms with Gasteiger partial charge in [-0.05, 0) is 29.8 Å². The van der Waals surface area contributed by atoms with E-state index in [1.54, 1.807) is 31.4 Å². The fourth-order valence-electron chi connectivity index (χ4n) is 2.49. The molecular weight excluding hydrogens is 332 g/mol. The number of esters is 1. The molecule has 0 atom stereocenters. The molecule has 6 nitrogen and oxygen atoms in total. The molecule has 0 aliphatic heterocycles. The lowest BCUT2D eigenvalue weighted by molar-refractivity contribution is 0.0602. The Hall–Kier alpha value is -3.02. The van der Waals surface area contributed by atoms with E-state index in [1.165, 1.54) is 7.11 Å². The van der Waals surface area contributed by atoms with Gasteiger partial charge in [0.25, 0.3) is 0 Å². The number of anilines is 1. The molecule has 138 valence electrons. The third-order valence-electron chi connectivity index (χ3n) is 4.14. The number of methoxy groups -OCH3 is 2. The number of nitrogens with one attached hydrogen (secondary N) is 2. The number of benzene rings is 2. The van der Waals surface area contributed by atoms with Gasteiger partial charge in [-0.25, -0.2) is 9.59 Å². The number of rotatable bonds is 6. The maximum Gasteiger partial charge on any atom is 0.339 e. The Morgan fingerprint density at radius 3 is 2.27 bits per heavy atom. The normalized spacial score (nSPS) is 10.8. The number of hydrogen-bond acceptors (Lipinski definition) is 4. The Balaban J connectivity index is 2.01. The summed E-state index contributed by atoms with van der Waals surface area (Å²) in [5, 5.41) is 5.55. The largest absolute Gasteiger partial charge is 0.497 e. The summed E-state index contributed by atoms with van der Waals surface area (Å²) < 4.78 is 9.90. The second-order valence-electron chi connectivity index (χ2n) is 6.46. The van der Waals surface area contributed by atoms with Crippen LogP contribution in [0, 0.1) is 0 Å². The molecule has 0 heterocycles. The molecule has 0 bridgehead atoms. The molecule has 2 rings (SSSR count). The first-order chi connectivity index (χ1) is 12.4. The van der Waals surface area contributed by atoms with Crippen molar-refractivity contribution in [2.45, 2.75) is 19.3 Å². The second kappa shape index (κ2) is 8.38. The van der Waals surface area contributed by atoms with Crippen LogP contribution in [0.2, 0.25) is 0 Å². The van der Waals surface area contributed by atoms with E-state index in [0.29, 0.717) is 17.8 Å². The number of urea groups is 1. The molecule has 2 N–H and O–H groups in total. The fraction of sp³-hybridized carbons (Fsp3) is 0.300. The number of ether oxygens (including phenoxy) is 2. The highest BCUT2D eigenvalue weighted by atomic mass is 16.5. The van der Waals surface area contributed by atoms with Gasteiger partial charge in [0.2, 0.25) is 0 Å². The molecule has 0 aromatic heterocycles. The van der Waals surface area contributed by atoms with Crippen molar-refractivity contribution in [2.75, 3.05) is 26.1 Å². The molecule has 26 heavy (non-hydrogen) atoms. The Morgan fingerprint density at radius 2 is 1.65 bits per heavy atom. The summed E-state index contributed by atoms with van der Waals surface area (Å²) in [5.41, 5.74) is 1.51. The van der Waals surface area contributed by atoms with Crippen LogP contribution in [0.4, 0.5) is 10.5 Å². The van der Waals surface area contributed by atoms with Gasteiger partial charge in [0.15, 0.2) is 0 Å². The smallest absolute Gasteiger partial charge is 0.339 e. The molecule has 0 radical (unpaired) electrons. The zero-order valence-corrected chi connectivity index (χ0v) is 15.5. The van der Waals surface area contributed by atoms with Crippen LogP contribution in [0.5, 0.6) is 5.75 Å². The Kier molecular flexibility index (Phi) is 6.22. The van der Waals surface area contributed by atoms with Gasteiger partial charge in [0.05, 0.1) is 25.5 Å². The van der Waals surface area contributed by atoms with Crippen molar-refractivity contribution in [3.8, 4) is 5.75 Å². The first-order valence-electron chi connectivity index (χ1n) is 8.24. The molecule has 2 amide bonds. The number of hydrogen-bond donors (Lipinski definition) is 2. The van der Waals surface area contributed by atoms with Crippen LogP contribution in [0.1, 0.15) is 29.8 Å². The van der Waals surface area contributed by atoms with E-state index in [-0.39, 0.29) is 11.4 Å². The summed E-state index contributed by atoms with van der Waals surface area (Å²) in [6, 6.07) is 14.1.